The molecule has 4 nitrogen and oxygen atoms in total. The summed E-state index contributed by atoms with van der Waals surface area (Å²) in [5, 5.41) is 3.18. The Morgan fingerprint density at radius 3 is 2.29 bits per heavy atom. The Kier molecular flexibility index (Phi) is 5.07. The van der Waals surface area contributed by atoms with Crippen molar-refractivity contribution in [1.82, 2.24) is 10.2 Å². The molecule has 0 saturated carbocycles. The fraction of sp³-hybridized carbons (Fsp3) is 0.765. The van der Waals surface area contributed by atoms with E-state index < -0.39 is 0 Å². The van der Waals surface area contributed by atoms with Crippen molar-refractivity contribution in [3.8, 4) is 0 Å². The molecule has 0 spiro atoms. The molecule has 0 aromatic rings. The lowest BCUT2D eigenvalue weighted by molar-refractivity contribution is -0.140. The van der Waals surface area contributed by atoms with E-state index in [1.165, 1.54) is 0 Å². The van der Waals surface area contributed by atoms with Gasteiger partial charge in [-0.15, -0.1) is 0 Å². The molecule has 1 unspecified atom stereocenters. The minimum absolute atomic E-state index is 0.143. The Morgan fingerprint density at radius 1 is 1.10 bits per heavy atom. The third-order valence-electron chi connectivity index (χ3n) is 4.41. The van der Waals surface area contributed by atoms with E-state index in [0.29, 0.717) is 0 Å². The Labute approximate surface area is 128 Å². The molecule has 2 aliphatic rings. The van der Waals surface area contributed by atoms with Crippen LogP contribution in [0.25, 0.3) is 0 Å². The molecule has 2 amide bonds. The average Bonchev–Trinajstić information content (AvgIpc) is 2.47. The molecule has 1 aliphatic carbocycles. The molecule has 21 heavy (non-hydrogen) atoms. The van der Waals surface area contributed by atoms with E-state index in [9.17, 15) is 9.59 Å². The topological polar surface area (TPSA) is 49.4 Å². The molecule has 0 aromatic carbocycles. The van der Waals surface area contributed by atoms with E-state index in [0.717, 1.165) is 45.2 Å². The smallest absolute Gasteiger partial charge is 0.227 e. The van der Waals surface area contributed by atoms with Crippen LogP contribution in [0.1, 0.15) is 52.9 Å². The SMILES string of the molecule is CC(C)(C)C(=O)N1CCC(NC(=O)C2CC=CCC2)CC1. The summed E-state index contributed by atoms with van der Waals surface area (Å²) in [5.74, 6) is 0.550. The number of amides is 2. The predicted molar refractivity (Wildman–Crippen MR) is 83.7 cm³/mol. The molecular weight excluding hydrogens is 264 g/mol. The van der Waals surface area contributed by atoms with Gasteiger partial charge in [0.15, 0.2) is 0 Å². The van der Waals surface area contributed by atoms with Crippen LogP contribution in [-0.2, 0) is 9.59 Å². The first-order chi connectivity index (χ1) is 9.88. The first-order valence-corrected chi connectivity index (χ1v) is 8.12. The van der Waals surface area contributed by atoms with Crippen LogP contribution >= 0.6 is 0 Å². The van der Waals surface area contributed by atoms with Gasteiger partial charge in [-0.25, -0.2) is 0 Å². The molecule has 0 radical (unpaired) electrons. The van der Waals surface area contributed by atoms with Crippen LogP contribution in [0, 0.1) is 11.3 Å². The van der Waals surface area contributed by atoms with Gasteiger partial charge in [-0.05, 0) is 32.1 Å². The Morgan fingerprint density at radius 2 is 1.76 bits per heavy atom. The Balaban J connectivity index is 1.78. The van der Waals surface area contributed by atoms with Gasteiger partial charge < -0.3 is 10.2 Å². The number of nitrogens with one attached hydrogen (secondary N) is 1. The predicted octanol–water partition coefficient (Wildman–Crippen LogP) is 2.50. The lowest BCUT2D eigenvalue weighted by Gasteiger charge is -2.36. The standard InChI is InChI=1S/C17H28N2O2/c1-17(2,3)16(21)19-11-9-14(10-12-19)18-15(20)13-7-5-4-6-8-13/h4-5,13-14H,6-12H2,1-3H3,(H,18,20). The third kappa shape index (κ3) is 4.32. The second-order valence-corrected chi connectivity index (χ2v) is 7.31. The van der Waals surface area contributed by atoms with Gasteiger partial charge in [0.2, 0.25) is 11.8 Å². The summed E-state index contributed by atoms with van der Waals surface area (Å²) in [7, 11) is 0. The first kappa shape index (κ1) is 16.1. The summed E-state index contributed by atoms with van der Waals surface area (Å²) in [6, 6.07) is 0.229. The van der Waals surface area contributed by atoms with Crippen LogP contribution in [0.3, 0.4) is 0 Å². The summed E-state index contributed by atoms with van der Waals surface area (Å²) in [4.78, 5) is 26.4. The lowest BCUT2D eigenvalue weighted by atomic mass is 9.91. The van der Waals surface area contributed by atoms with Crippen LogP contribution in [0.4, 0.5) is 0 Å². The van der Waals surface area contributed by atoms with Gasteiger partial charge in [-0.3, -0.25) is 9.59 Å². The van der Waals surface area contributed by atoms with Crippen LogP contribution in [-0.4, -0.2) is 35.8 Å². The lowest BCUT2D eigenvalue weighted by Crippen LogP contribution is -2.50. The van der Waals surface area contributed by atoms with Crippen LogP contribution in [0.15, 0.2) is 12.2 Å². The molecule has 1 saturated heterocycles. The number of carbonyl (C=O) groups is 2. The molecule has 1 atom stereocenters. The van der Waals surface area contributed by atoms with E-state index in [2.05, 4.69) is 17.5 Å². The summed E-state index contributed by atoms with van der Waals surface area (Å²) < 4.78 is 0. The highest BCUT2D eigenvalue weighted by Gasteiger charge is 2.31. The summed E-state index contributed by atoms with van der Waals surface area (Å²) in [5.41, 5.74) is -0.315. The molecule has 0 bridgehead atoms. The van der Waals surface area contributed by atoms with Gasteiger partial charge >= 0.3 is 0 Å². The zero-order valence-corrected chi connectivity index (χ0v) is 13.5. The van der Waals surface area contributed by atoms with Crippen molar-refractivity contribution in [1.29, 1.82) is 0 Å². The van der Waals surface area contributed by atoms with Crippen LogP contribution in [0.2, 0.25) is 0 Å². The van der Waals surface area contributed by atoms with Gasteiger partial charge in [0.1, 0.15) is 0 Å². The highest BCUT2D eigenvalue weighted by molar-refractivity contribution is 5.82. The third-order valence-corrected chi connectivity index (χ3v) is 4.41. The number of allylic oxidation sites excluding steroid dienone is 2. The first-order valence-electron chi connectivity index (χ1n) is 8.12. The number of hydrogen-bond acceptors (Lipinski definition) is 2. The van der Waals surface area contributed by atoms with E-state index in [4.69, 9.17) is 0 Å². The Bertz CT molecular complexity index is 415. The number of likely N-dealkylation sites (tertiary alicyclic amines) is 1. The molecule has 1 heterocycles. The van der Waals surface area contributed by atoms with Crippen molar-refractivity contribution in [2.75, 3.05) is 13.1 Å². The minimum Gasteiger partial charge on any atom is -0.353 e. The maximum atomic E-state index is 12.2. The molecule has 1 fully saturated rings. The maximum Gasteiger partial charge on any atom is 0.227 e. The van der Waals surface area contributed by atoms with E-state index in [-0.39, 0.29) is 29.2 Å². The largest absolute Gasteiger partial charge is 0.353 e. The molecule has 1 N–H and O–H groups in total. The van der Waals surface area contributed by atoms with Crippen molar-refractivity contribution in [3.63, 3.8) is 0 Å². The molecule has 118 valence electrons. The summed E-state index contributed by atoms with van der Waals surface area (Å²) >= 11 is 0. The number of hydrogen-bond donors (Lipinski definition) is 1. The van der Waals surface area contributed by atoms with Crippen molar-refractivity contribution in [3.05, 3.63) is 12.2 Å². The number of piperidine rings is 1. The Hall–Kier alpha value is -1.32. The van der Waals surface area contributed by atoms with Crippen LogP contribution < -0.4 is 5.32 Å². The quantitative estimate of drug-likeness (QED) is 0.795. The summed E-state index contributed by atoms with van der Waals surface area (Å²) in [6.45, 7) is 7.39. The van der Waals surface area contributed by atoms with Crippen molar-refractivity contribution in [2.45, 2.75) is 58.9 Å². The van der Waals surface area contributed by atoms with E-state index in [1.807, 2.05) is 25.7 Å². The average molecular weight is 292 g/mol. The van der Waals surface area contributed by atoms with E-state index >= 15 is 0 Å². The van der Waals surface area contributed by atoms with Gasteiger partial charge in [0, 0.05) is 30.5 Å². The van der Waals surface area contributed by atoms with Crippen LogP contribution in [0.5, 0.6) is 0 Å². The highest BCUT2D eigenvalue weighted by atomic mass is 16.2. The van der Waals surface area contributed by atoms with Gasteiger partial charge in [-0.1, -0.05) is 32.9 Å². The fourth-order valence-corrected chi connectivity index (χ4v) is 3.05. The second kappa shape index (κ2) is 6.63. The monoisotopic (exact) mass is 292 g/mol. The fourth-order valence-electron chi connectivity index (χ4n) is 3.05. The number of carbonyl (C=O) groups excluding carboxylic acids is 2. The molecular formula is C17H28N2O2. The molecule has 1 aliphatic heterocycles. The number of nitrogens with zero attached hydrogens (tertiary/aromatic N) is 1. The van der Waals surface area contributed by atoms with E-state index in [1.54, 1.807) is 0 Å². The zero-order chi connectivity index (χ0) is 15.5. The normalized spacial score (nSPS) is 24.0. The minimum atomic E-state index is -0.315. The van der Waals surface area contributed by atoms with Crippen molar-refractivity contribution < 1.29 is 9.59 Å². The summed E-state index contributed by atoms with van der Waals surface area (Å²) in [6.07, 6.45) is 8.85. The van der Waals surface area contributed by atoms with Gasteiger partial charge in [-0.2, -0.15) is 0 Å². The highest BCUT2D eigenvalue weighted by Crippen LogP contribution is 2.22. The zero-order valence-electron chi connectivity index (χ0n) is 13.5. The molecule has 2 rings (SSSR count). The van der Waals surface area contributed by atoms with Crippen molar-refractivity contribution >= 4 is 11.8 Å². The second-order valence-electron chi connectivity index (χ2n) is 7.31. The maximum absolute atomic E-state index is 12.2. The number of rotatable bonds is 2. The van der Waals surface area contributed by atoms with Gasteiger partial charge in [0.05, 0.1) is 0 Å². The van der Waals surface area contributed by atoms with Gasteiger partial charge in [0.25, 0.3) is 0 Å². The van der Waals surface area contributed by atoms with Crippen molar-refractivity contribution in [2.24, 2.45) is 11.3 Å². The molecule has 4 heteroatoms. The molecule has 0 aromatic heterocycles.